The topological polar surface area (TPSA) is 77.8 Å². The number of nitrogens with one attached hydrogen (secondary N) is 1. The average Bonchev–Trinajstić information content (AvgIpc) is 3.09. The van der Waals surface area contributed by atoms with Gasteiger partial charge in [0.25, 0.3) is 5.91 Å². The van der Waals surface area contributed by atoms with E-state index in [9.17, 15) is 9.59 Å². The Bertz CT molecular complexity index is 849. The molecule has 1 aromatic carbocycles. The van der Waals surface area contributed by atoms with Crippen molar-refractivity contribution in [2.24, 2.45) is 0 Å². The van der Waals surface area contributed by atoms with E-state index in [4.69, 9.17) is 13.9 Å². The number of carbonyl (C=O) groups is 1. The molecule has 1 fully saturated rings. The lowest BCUT2D eigenvalue weighted by Crippen LogP contribution is -2.23. The van der Waals surface area contributed by atoms with Gasteiger partial charge >= 0.3 is 5.63 Å². The Balaban J connectivity index is 1.90. The second-order valence-electron chi connectivity index (χ2n) is 6.15. The molecule has 1 saturated heterocycles. The van der Waals surface area contributed by atoms with Gasteiger partial charge in [-0.2, -0.15) is 0 Å². The number of anilines is 1. The lowest BCUT2D eigenvalue weighted by molar-refractivity contribution is 0.0895. The van der Waals surface area contributed by atoms with Gasteiger partial charge in [0, 0.05) is 6.61 Å². The summed E-state index contributed by atoms with van der Waals surface area (Å²) in [6.45, 7) is 4.28. The van der Waals surface area contributed by atoms with Gasteiger partial charge in [-0.25, -0.2) is 4.79 Å². The van der Waals surface area contributed by atoms with E-state index in [-0.39, 0.29) is 11.7 Å². The minimum atomic E-state index is -0.658. The summed E-state index contributed by atoms with van der Waals surface area (Å²) in [5.74, 6) is 0.482. The molecule has 0 bridgehead atoms. The van der Waals surface area contributed by atoms with Crippen molar-refractivity contribution < 1.29 is 18.7 Å². The number of ether oxygens (including phenoxy) is 2. The van der Waals surface area contributed by atoms with Gasteiger partial charge < -0.3 is 19.2 Å². The summed E-state index contributed by atoms with van der Waals surface area (Å²) < 4.78 is 16.1. The average molecular weight is 343 g/mol. The second kappa shape index (κ2) is 7.11. The summed E-state index contributed by atoms with van der Waals surface area (Å²) in [6.07, 6.45) is 1.54. The van der Waals surface area contributed by atoms with Crippen LogP contribution >= 0.6 is 0 Å². The fourth-order valence-electron chi connectivity index (χ4n) is 2.97. The third kappa shape index (κ3) is 3.58. The molecule has 2 aromatic rings. The minimum Gasteiger partial charge on any atom is -0.495 e. The van der Waals surface area contributed by atoms with Crippen LogP contribution < -0.4 is 15.7 Å². The van der Waals surface area contributed by atoms with E-state index in [0.717, 1.165) is 18.4 Å². The van der Waals surface area contributed by atoms with Gasteiger partial charge in [-0.1, -0.05) is 6.07 Å². The molecule has 3 rings (SSSR count). The smallest absolute Gasteiger partial charge is 0.349 e. The number of amides is 1. The summed E-state index contributed by atoms with van der Waals surface area (Å²) >= 11 is 0. The van der Waals surface area contributed by atoms with Crippen LogP contribution in [-0.4, -0.2) is 19.6 Å². The van der Waals surface area contributed by atoms with E-state index in [1.165, 1.54) is 7.11 Å². The molecule has 6 heteroatoms. The number of aryl methyl sites for hydroxylation is 2. The molecule has 0 saturated carbocycles. The highest BCUT2D eigenvalue weighted by molar-refractivity contribution is 6.05. The molecule has 0 spiro atoms. The van der Waals surface area contributed by atoms with Crippen LogP contribution in [0.15, 0.2) is 33.5 Å². The van der Waals surface area contributed by atoms with E-state index in [1.54, 1.807) is 25.1 Å². The molecule has 1 N–H and O–H groups in total. The maximum atomic E-state index is 12.6. The largest absolute Gasteiger partial charge is 0.495 e. The zero-order chi connectivity index (χ0) is 18.0. The first-order chi connectivity index (χ1) is 12.0. The zero-order valence-electron chi connectivity index (χ0n) is 14.5. The fraction of sp³-hybridized carbons (Fsp3) is 0.368. The Hall–Kier alpha value is -2.60. The summed E-state index contributed by atoms with van der Waals surface area (Å²) in [7, 11) is 1.52. The number of carbonyl (C=O) groups excluding carboxylic acids is 1. The van der Waals surface area contributed by atoms with E-state index < -0.39 is 11.5 Å². The Morgan fingerprint density at radius 2 is 2.08 bits per heavy atom. The van der Waals surface area contributed by atoms with Crippen LogP contribution in [0.3, 0.4) is 0 Å². The molecule has 132 valence electrons. The number of methoxy groups -OCH3 is 1. The van der Waals surface area contributed by atoms with Crippen LogP contribution in [0.25, 0.3) is 0 Å². The second-order valence-corrected chi connectivity index (χ2v) is 6.15. The first kappa shape index (κ1) is 17.2. The maximum Gasteiger partial charge on any atom is 0.349 e. The first-order valence-corrected chi connectivity index (χ1v) is 8.22. The van der Waals surface area contributed by atoms with E-state index >= 15 is 0 Å². The lowest BCUT2D eigenvalue weighted by Gasteiger charge is -2.13. The zero-order valence-corrected chi connectivity index (χ0v) is 14.5. The third-order valence-electron chi connectivity index (χ3n) is 4.25. The molecule has 0 radical (unpaired) electrons. The summed E-state index contributed by atoms with van der Waals surface area (Å²) in [5, 5.41) is 2.73. The van der Waals surface area contributed by atoms with Crippen molar-refractivity contribution in [3.05, 3.63) is 57.1 Å². The van der Waals surface area contributed by atoms with Crippen molar-refractivity contribution in [2.75, 3.05) is 19.0 Å². The highest BCUT2D eigenvalue weighted by Gasteiger charge is 2.24. The van der Waals surface area contributed by atoms with Crippen LogP contribution in [0.5, 0.6) is 5.75 Å². The molecular weight excluding hydrogens is 322 g/mol. The Kier molecular flexibility index (Phi) is 4.90. The van der Waals surface area contributed by atoms with Crippen LogP contribution in [0.1, 0.15) is 46.2 Å². The van der Waals surface area contributed by atoms with Gasteiger partial charge in [0.1, 0.15) is 23.2 Å². The van der Waals surface area contributed by atoms with Gasteiger partial charge in [0.2, 0.25) is 0 Å². The van der Waals surface area contributed by atoms with E-state index in [0.29, 0.717) is 29.4 Å². The van der Waals surface area contributed by atoms with Crippen LogP contribution in [-0.2, 0) is 4.74 Å². The monoisotopic (exact) mass is 343 g/mol. The number of benzene rings is 1. The Morgan fingerprint density at radius 1 is 1.28 bits per heavy atom. The molecule has 1 aromatic heterocycles. The molecule has 1 atom stereocenters. The van der Waals surface area contributed by atoms with Crippen molar-refractivity contribution in [1.29, 1.82) is 0 Å². The maximum absolute atomic E-state index is 12.6. The van der Waals surface area contributed by atoms with Gasteiger partial charge in [-0.15, -0.1) is 0 Å². The molecule has 6 nitrogen and oxygen atoms in total. The SMILES string of the molecule is COc1ccc(C)cc1NC(=O)c1c(C)cc(C2CCCO2)oc1=O. The highest BCUT2D eigenvalue weighted by Crippen LogP contribution is 2.29. The standard InChI is InChI=1S/C19H21NO5/c1-11-6-7-14(23-3)13(9-11)20-18(21)17-12(2)10-16(25-19(17)22)15-5-4-8-24-15/h6-7,9-10,15H,4-5,8H2,1-3H3,(H,20,21). The van der Waals surface area contributed by atoms with Crippen molar-refractivity contribution in [3.63, 3.8) is 0 Å². The lowest BCUT2D eigenvalue weighted by atomic mass is 10.1. The van der Waals surface area contributed by atoms with Crippen molar-refractivity contribution >= 4 is 11.6 Å². The highest BCUT2D eigenvalue weighted by atomic mass is 16.5. The van der Waals surface area contributed by atoms with Gasteiger partial charge in [-0.05, 0) is 56.0 Å². The minimum absolute atomic E-state index is 0.00898. The quantitative estimate of drug-likeness (QED) is 0.921. The predicted molar refractivity (Wildman–Crippen MR) is 93.3 cm³/mol. The van der Waals surface area contributed by atoms with Gasteiger partial charge in [-0.3, -0.25) is 4.79 Å². The first-order valence-electron chi connectivity index (χ1n) is 8.22. The molecule has 1 amide bonds. The summed E-state index contributed by atoms with van der Waals surface area (Å²) in [4.78, 5) is 25.0. The van der Waals surface area contributed by atoms with Crippen molar-refractivity contribution in [3.8, 4) is 5.75 Å². The van der Waals surface area contributed by atoms with Gasteiger partial charge in [0.15, 0.2) is 0 Å². The van der Waals surface area contributed by atoms with E-state index in [1.807, 2.05) is 13.0 Å². The van der Waals surface area contributed by atoms with Crippen molar-refractivity contribution in [1.82, 2.24) is 0 Å². The van der Waals surface area contributed by atoms with Crippen molar-refractivity contribution in [2.45, 2.75) is 32.8 Å². The molecule has 25 heavy (non-hydrogen) atoms. The molecule has 0 aliphatic carbocycles. The van der Waals surface area contributed by atoms with Crippen LogP contribution in [0, 0.1) is 13.8 Å². The summed E-state index contributed by atoms with van der Waals surface area (Å²) in [5.41, 5.74) is 1.37. The Labute approximate surface area is 145 Å². The fourth-order valence-corrected chi connectivity index (χ4v) is 2.97. The molecule has 1 aliphatic heterocycles. The van der Waals surface area contributed by atoms with Crippen LogP contribution in [0.4, 0.5) is 5.69 Å². The number of hydrogen-bond acceptors (Lipinski definition) is 5. The molecule has 1 unspecified atom stereocenters. The molecular formula is C19H21NO5. The third-order valence-corrected chi connectivity index (χ3v) is 4.25. The molecule has 2 heterocycles. The number of rotatable bonds is 4. The summed E-state index contributed by atoms with van der Waals surface area (Å²) in [6, 6.07) is 7.14. The van der Waals surface area contributed by atoms with E-state index in [2.05, 4.69) is 5.32 Å². The van der Waals surface area contributed by atoms with Crippen LogP contribution in [0.2, 0.25) is 0 Å². The normalized spacial score (nSPS) is 16.7. The Morgan fingerprint density at radius 3 is 2.72 bits per heavy atom. The molecule has 1 aliphatic rings. The number of hydrogen-bond donors (Lipinski definition) is 1. The van der Waals surface area contributed by atoms with Gasteiger partial charge in [0.05, 0.1) is 12.8 Å². The predicted octanol–water partition coefficient (Wildman–Crippen LogP) is 3.37.